The van der Waals surface area contributed by atoms with Crippen molar-refractivity contribution in [2.75, 3.05) is 13.7 Å². The lowest BCUT2D eigenvalue weighted by molar-refractivity contribution is 0.0964. The fourth-order valence-electron chi connectivity index (χ4n) is 3.76. The van der Waals surface area contributed by atoms with Crippen molar-refractivity contribution in [1.29, 1.82) is 0 Å². The van der Waals surface area contributed by atoms with Crippen molar-refractivity contribution in [3.8, 4) is 0 Å². The number of ether oxygens (including phenoxy) is 1. The Labute approximate surface area is 154 Å². The van der Waals surface area contributed by atoms with Crippen molar-refractivity contribution in [3.63, 3.8) is 0 Å². The van der Waals surface area contributed by atoms with E-state index in [1.54, 1.807) is 0 Å². The molecular formula is C20H19N3O4. The molecule has 1 atom stereocenters. The van der Waals surface area contributed by atoms with Crippen LogP contribution in [0.15, 0.2) is 46.1 Å². The maximum Gasteiger partial charge on any atom is 0.330 e. The Morgan fingerprint density at radius 3 is 2.70 bits per heavy atom. The third kappa shape index (κ3) is 3.00. The second-order valence-corrected chi connectivity index (χ2v) is 6.69. The average molecular weight is 365 g/mol. The Bertz CT molecular complexity index is 1130. The van der Waals surface area contributed by atoms with Crippen LogP contribution in [0.2, 0.25) is 0 Å². The number of benzene rings is 1. The molecule has 4 rings (SSSR count). The number of carbonyl (C=O) groups excluding carboxylic acids is 1. The van der Waals surface area contributed by atoms with E-state index in [1.807, 2.05) is 30.3 Å². The summed E-state index contributed by atoms with van der Waals surface area (Å²) in [6.07, 6.45) is 2.42. The van der Waals surface area contributed by atoms with Gasteiger partial charge in [-0.3, -0.25) is 19.1 Å². The van der Waals surface area contributed by atoms with Crippen molar-refractivity contribution >= 4 is 16.8 Å². The minimum Gasteiger partial charge on any atom is -0.383 e. The van der Waals surface area contributed by atoms with Gasteiger partial charge in [0, 0.05) is 25.3 Å². The number of Topliss-reactive ketones (excluding diaryl/α,β-unsaturated/α-hetero) is 1. The zero-order valence-corrected chi connectivity index (χ0v) is 14.9. The summed E-state index contributed by atoms with van der Waals surface area (Å²) in [4.78, 5) is 44.2. The number of hydrogen-bond acceptors (Lipinski definition) is 5. The molecule has 2 aromatic heterocycles. The molecule has 7 heteroatoms. The van der Waals surface area contributed by atoms with Crippen LogP contribution in [-0.4, -0.2) is 34.0 Å². The molecular weight excluding hydrogens is 346 g/mol. The van der Waals surface area contributed by atoms with Gasteiger partial charge in [0.1, 0.15) is 5.65 Å². The molecule has 1 N–H and O–H groups in total. The summed E-state index contributed by atoms with van der Waals surface area (Å²) >= 11 is 0. The van der Waals surface area contributed by atoms with Gasteiger partial charge >= 0.3 is 5.69 Å². The molecule has 3 aromatic rings. The third-order valence-electron chi connectivity index (χ3n) is 5.09. The van der Waals surface area contributed by atoms with Gasteiger partial charge in [-0.2, -0.15) is 0 Å². The maximum atomic E-state index is 12.7. The van der Waals surface area contributed by atoms with E-state index >= 15 is 0 Å². The van der Waals surface area contributed by atoms with Crippen LogP contribution in [0, 0.1) is 0 Å². The lowest BCUT2D eigenvalue weighted by atomic mass is 9.79. The van der Waals surface area contributed by atoms with E-state index in [0.717, 1.165) is 5.56 Å². The summed E-state index contributed by atoms with van der Waals surface area (Å²) in [6, 6.07) is 9.79. The molecule has 0 fully saturated rings. The Kier molecular flexibility index (Phi) is 4.45. The van der Waals surface area contributed by atoms with Crippen molar-refractivity contribution in [2.24, 2.45) is 0 Å². The first-order valence-electron chi connectivity index (χ1n) is 8.82. The van der Waals surface area contributed by atoms with Crippen LogP contribution in [0.3, 0.4) is 0 Å². The SMILES string of the molecule is COCCn1c(=O)[nH]c(=O)c2c3c(cnc21)C(=O)C[C@@H](c1ccccc1)C3. The molecule has 1 aromatic carbocycles. The molecule has 27 heavy (non-hydrogen) atoms. The Morgan fingerprint density at radius 1 is 1.19 bits per heavy atom. The number of ketones is 1. The fourth-order valence-corrected chi connectivity index (χ4v) is 3.76. The molecule has 0 bridgehead atoms. The molecule has 0 saturated heterocycles. The molecule has 1 aliphatic carbocycles. The smallest absolute Gasteiger partial charge is 0.330 e. The topological polar surface area (TPSA) is 94.1 Å². The highest BCUT2D eigenvalue weighted by Crippen LogP contribution is 2.34. The van der Waals surface area contributed by atoms with Gasteiger partial charge in [-0.1, -0.05) is 30.3 Å². The molecule has 2 heterocycles. The van der Waals surface area contributed by atoms with Gasteiger partial charge in [0.2, 0.25) is 0 Å². The maximum absolute atomic E-state index is 12.7. The zero-order valence-electron chi connectivity index (χ0n) is 14.9. The van der Waals surface area contributed by atoms with Gasteiger partial charge < -0.3 is 4.74 Å². The summed E-state index contributed by atoms with van der Waals surface area (Å²) in [5, 5.41) is 0.317. The number of H-pyrrole nitrogens is 1. The molecule has 0 aliphatic heterocycles. The Morgan fingerprint density at radius 2 is 1.96 bits per heavy atom. The standard InChI is InChI=1S/C20H19N3O4/c1-27-8-7-23-18-17(19(25)22-20(23)26)14-9-13(12-5-3-2-4-6-12)10-16(24)15(14)11-21-18/h2-6,11,13H,7-10H2,1H3,(H,22,25,26)/t13-/m0/s1. The van der Waals surface area contributed by atoms with E-state index in [-0.39, 0.29) is 18.2 Å². The number of aromatic amines is 1. The summed E-state index contributed by atoms with van der Waals surface area (Å²) in [5.74, 6) is -0.0379. The third-order valence-corrected chi connectivity index (χ3v) is 5.09. The van der Waals surface area contributed by atoms with Gasteiger partial charge in [0.15, 0.2) is 5.78 Å². The number of nitrogens with zero attached hydrogens (tertiary/aromatic N) is 2. The number of fused-ring (bicyclic) bond motifs is 3. The van der Waals surface area contributed by atoms with E-state index in [9.17, 15) is 14.4 Å². The first-order valence-corrected chi connectivity index (χ1v) is 8.82. The molecule has 7 nitrogen and oxygen atoms in total. The average Bonchev–Trinajstić information content (AvgIpc) is 2.67. The predicted molar refractivity (Wildman–Crippen MR) is 100 cm³/mol. The van der Waals surface area contributed by atoms with Gasteiger partial charge in [-0.25, -0.2) is 9.78 Å². The molecule has 138 valence electrons. The molecule has 0 unspecified atom stereocenters. The number of nitrogens with one attached hydrogen (secondary N) is 1. The predicted octanol–water partition coefficient (Wildman–Crippen LogP) is 1.64. The summed E-state index contributed by atoms with van der Waals surface area (Å²) in [7, 11) is 1.54. The highest BCUT2D eigenvalue weighted by molar-refractivity contribution is 6.02. The van der Waals surface area contributed by atoms with Gasteiger partial charge in [-0.15, -0.1) is 0 Å². The minimum absolute atomic E-state index is 0.00412. The molecule has 0 radical (unpaired) electrons. The van der Waals surface area contributed by atoms with Crippen LogP contribution in [-0.2, 0) is 17.7 Å². The number of rotatable bonds is 4. The van der Waals surface area contributed by atoms with E-state index in [0.29, 0.717) is 41.6 Å². The first-order chi connectivity index (χ1) is 13.1. The van der Waals surface area contributed by atoms with E-state index in [4.69, 9.17) is 4.74 Å². The van der Waals surface area contributed by atoms with Crippen molar-refractivity contribution in [2.45, 2.75) is 25.3 Å². The summed E-state index contributed by atoms with van der Waals surface area (Å²) in [5.41, 5.74) is 1.45. The van der Waals surface area contributed by atoms with Crippen molar-refractivity contribution in [1.82, 2.24) is 14.5 Å². The zero-order chi connectivity index (χ0) is 19.0. The largest absolute Gasteiger partial charge is 0.383 e. The van der Waals surface area contributed by atoms with Crippen LogP contribution < -0.4 is 11.2 Å². The van der Waals surface area contributed by atoms with E-state index in [1.165, 1.54) is 17.9 Å². The van der Waals surface area contributed by atoms with Gasteiger partial charge in [0.25, 0.3) is 5.56 Å². The normalized spacial score (nSPS) is 16.5. The molecule has 1 aliphatic rings. The monoisotopic (exact) mass is 365 g/mol. The second-order valence-electron chi connectivity index (χ2n) is 6.69. The summed E-state index contributed by atoms with van der Waals surface area (Å²) < 4.78 is 6.44. The fraction of sp³-hybridized carbons (Fsp3) is 0.300. The first kappa shape index (κ1) is 17.4. The van der Waals surface area contributed by atoms with Crippen LogP contribution in [0.1, 0.15) is 33.8 Å². The van der Waals surface area contributed by atoms with Crippen LogP contribution in [0.4, 0.5) is 0 Å². The molecule has 0 saturated carbocycles. The number of hydrogen-bond donors (Lipinski definition) is 1. The lowest BCUT2D eigenvalue weighted by Gasteiger charge is -2.25. The quantitative estimate of drug-likeness (QED) is 0.759. The summed E-state index contributed by atoms with van der Waals surface area (Å²) in [6.45, 7) is 0.579. The second kappa shape index (κ2) is 6.92. The van der Waals surface area contributed by atoms with Gasteiger partial charge in [0.05, 0.1) is 18.5 Å². The molecule has 0 amide bonds. The van der Waals surface area contributed by atoms with Crippen LogP contribution >= 0.6 is 0 Å². The minimum atomic E-state index is -0.529. The van der Waals surface area contributed by atoms with Crippen LogP contribution in [0.25, 0.3) is 11.0 Å². The molecule has 0 spiro atoms. The lowest BCUT2D eigenvalue weighted by Crippen LogP contribution is -2.33. The number of carbonyl (C=O) groups is 1. The van der Waals surface area contributed by atoms with Crippen molar-refractivity contribution in [3.05, 3.63) is 74.1 Å². The van der Waals surface area contributed by atoms with Crippen LogP contribution in [0.5, 0.6) is 0 Å². The Hall–Kier alpha value is -3.06. The number of aromatic nitrogens is 3. The van der Waals surface area contributed by atoms with Gasteiger partial charge in [-0.05, 0) is 23.5 Å². The highest BCUT2D eigenvalue weighted by atomic mass is 16.5. The Balaban J connectivity index is 1.92. The number of pyridine rings is 1. The number of methoxy groups -OCH3 is 1. The van der Waals surface area contributed by atoms with E-state index < -0.39 is 11.2 Å². The highest BCUT2D eigenvalue weighted by Gasteiger charge is 2.29. The van der Waals surface area contributed by atoms with Crippen molar-refractivity contribution < 1.29 is 9.53 Å². The van der Waals surface area contributed by atoms with E-state index in [2.05, 4.69) is 9.97 Å².